The average molecular weight is 410 g/mol. The van der Waals surface area contributed by atoms with Crippen LogP contribution < -0.4 is 5.19 Å². The second kappa shape index (κ2) is 8.73. The van der Waals surface area contributed by atoms with Crippen LogP contribution in [0, 0.1) is 0 Å². The Bertz CT molecular complexity index is 459. The van der Waals surface area contributed by atoms with E-state index >= 15 is 0 Å². The van der Waals surface area contributed by atoms with Crippen LogP contribution in [0.5, 0.6) is 5.75 Å². The molecule has 0 spiro atoms. The standard InChI is InChI=1S/C14H21NOSi.2ClH.Zr/c1-17(2,3)13-9-4-6-11(14(13)16)10-15-12-7-5-8-12;;;/h4,6,9-10,12,16H,5,7-8H2,1-3H3;2*1H;/q;;;+2/p-2. The van der Waals surface area contributed by atoms with Crippen molar-refractivity contribution < 1.29 is 26.0 Å². The number of aliphatic imine (C=N–C) groups is 1. The molecule has 1 saturated carbocycles. The number of benzene rings is 1. The normalized spacial score (nSPS) is 15.4. The Morgan fingerprint density at radius 3 is 2.35 bits per heavy atom. The number of rotatable bonds is 3. The number of hydrogen-bond donors (Lipinski definition) is 1. The van der Waals surface area contributed by atoms with Gasteiger partial charge in [0.15, 0.2) is 0 Å². The molecule has 0 bridgehead atoms. The van der Waals surface area contributed by atoms with Crippen molar-refractivity contribution in [1.29, 1.82) is 0 Å². The first-order chi connectivity index (χ1) is 9.40. The number of hydrogen-bond acceptors (Lipinski definition) is 2. The molecule has 1 fully saturated rings. The van der Waals surface area contributed by atoms with Crippen LogP contribution in [0.1, 0.15) is 24.8 Å². The summed E-state index contributed by atoms with van der Waals surface area (Å²) in [6, 6.07) is 6.50. The van der Waals surface area contributed by atoms with Crippen LogP contribution in [0.25, 0.3) is 0 Å². The first kappa shape index (κ1) is 18.4. The van der Waals surface area contributed by atoms with Gasteiger partial charge in [0.05, 0.1) is 8.07 Å². The second-order valence-electron chi connectivity index (χ2n) is 5.93. The molecular weight excluding hydrogens is 388 g/mol. The molecule has 0 heterocycles. The fourth-order valence-corrected chi connectivity index (χ4v) is 3.44. The van der Waals surface area contributed by atoms with Gasteiger partial charge in [-0.1, -0.05) is 31.8 Å². The maximum absolute atomic E-state index is 10.3. The zero-order valence-corrected chi connectivity index (χ0v) is 17.1. The average Bonchev–Trinajstić information content (AvgIpc) is 2.28. The van der Waals surface area contributed by atoms with Crippen molar-refractivity contribution in [1.82, 2.24) is 0 Å². The molecule has 2 rings (SSSR count). The minimum atomic E-state index is -1.47. The zero-order valence-electron chi connectivity index (χ0n) is 12.2. The molecular formula is C14H21Cl2NOSiZr. The van der Waals surface area contributed by atoms with Crippen molar-refractivity contribution in [3.8, 4) is 5.75 Å². The van der Waals surface area contributed by atoms with E-state index in [0.29, 0.717) is 11.8 Å². The summed E-state index contributed by atoms with van der Waals surface area (Å²) in [5, 5.41) is 11.4. The number of para-hydroxylation sites is 1. The van der Waals surface area contributed by atoms with Crippen molar-refractivity contribution in [2.24, 2.45) is 4.99 Å². The summed E-state index contributed by atoms with van der Waals surface area (Å²) < 4.78 is 0. The molecule has 0 atom stereocenters. The molecule has 1 aliphatic rings. The van der Waals surface area contributed by atoms with Gasteiger partial charge in [-0.3, -0.25) is 4.99 Å². The molecule has 6 heteroatoms. The monoisotopic (exact) mass is 407 g/mol. The number of phenolic OH excluding ortho intramolecular Hbond substituents is 1. The van der Waals surface area contributed by atoms with E-state index in [4.69, 9.17) is 17.0 Å². The summed E-state index contributed by atoms with van der Waals surface area (Å²) in [7, 11) is 8.40. The van der Waals surface area contributed by atoms with E-state index in [1.807, 2.05) is 24.4 Å². The Labute approximate surface area is 141 Å². The fraction of sp³-hybridized carbons (Fsp3) is 0.500. The summed E-state index contributed by atoms with van der Waals surface area (Å²) >= 11 is -0.826. The molecule has 1 N–H and O–H groups in total. The molecule has 1 aliphatic carbocycles. The minimum absolute atomic E-state index is 0.440. The maximum atomic E-state index is 10.3. The van der Waals surface area contributed by atoms with Crippen molar-refractivity contribution in [2.45, 2.75) is 44.9 Å². The van der Waals surface area contributed by atoms with Crippen LogP contribution in [0.3, 0.4) is 0 Å². The fourth-order valence-electron chi connectivity index (χ4n) is 1.99. The van der Waals surface area contributed by atoms with E-state index in [1.54, 1.807) is 0 Å². The van der Waals surface area contributed by atoms with Crippen LogP contribution >= 0.6 is 17.0 Å². The van der Waals surface area contributed by atoms with Gasteiger partial charge in [-0.05, 0) is 30.5 Å². The van der Waals surface area contributed by atoms with E-state index < -0.39 is 28.9 Å². The topological polar surface area (TPSA) is 32.6 Å². The van der Waals surface area contributed by atoms with Crippen LogP contribution in [-0.4, -0.2) is 25.4 Å². The Morgan fingerprint density at radius 2 is 1.90 bits per heavy atom. The quantitative estimate of drug-likeness (QED) is 0.586. The van der Waals surface area contributed by atoms with Gasteiger partial charge in [-0.25, -0.2) is 0 Å². The van der Waals surface area contributed by atoms with Gasteiger partial charge in [0.25, 0.3) is 0 Å². The third kappa shape index (κ3) is 5.63. The molecule has 1 aromatic carbocycles. The summed E-state index contributed by atoms with van der Waals surface area (Å²) in [6.07, 6.45) is 5.54. The molecule has 0 aromatic heterocycles. The zero-order chi connectivity index (χ0) is 15.2. The summed E-state index contributed by atoms with van der Waals surface area (Å²) in [5.41, 5.74) is 0.872. The van der Waals surface area contributed by atoms with E-state index in [-0.39, 0.29) is 0 Å². The van der Waals surface area contributed by atoms with Crippen LogP contribution in [0.4, 0.5) is 0 Å². The van der Waals surface area contributed by atoms with Crippen molar-refractivity contribution in [2.75, 3.05) is 0 Å². The Balaban J connectivity index is 0.000000612. The van der Waals surface area contributed by atoms with Crippen molar-refractivity contribution >= 4 is 36.5 Å². The van der Waals surface area contributed by atoms with Gasteiger partial charge < -0.3 is 5.11 Å². The number of nitrogens with zero attached hydrogens (tertiary/aromatic N) is 1. The molecule has 0 aliphatic heterocycles. The second-order valence-corrected chi connectivity index (χ2v) is 14.7. The van der Waals surface area contributed by atoms with Crippen LogP contribution in [0.2, 0.25) is 19.6 Å². The first-order valence-corrected chi connectivity index (χ1v) is 16.5. The van der Waals surface area contributed by atoms with E-state index in [1.165, 1.54) is 19.3 Å². The van der Waals surface area contributed by atoms with Crippen LogP contribution in [-0.2, 0) is 20.8 Å². The Morgan fingerprint density at radius 1 is 1.30 bits per heavy atom. The molecule has 0 amide bonds. The molecule has 0 radical (unpaired) electrons. The summed E-state index contributed by atoms with van der Waals surface area (Å²) in [4.78, 5) is 4.51. The van der Waals surface area contributed by atoms with Crippen LogP contribution in [0.15, 0.2) is 23.2 Å². The van der Waals surface area contributed by atoms with Crippen molar-refractivity contribution in [3.05, 3.63) is 23.8 Å². The van der Waals surface area contributed by atoms with E-state index in [9.17, 15) is 5.11 Å². The summed E-state index contributed by atoms with van der Waals surface area (Å²) in [6.45, 7) is 6.73. The Hall–Kier alpha value is 0.370. The molecule has 0 saturated heterocycles. The van der Waals surface area contributed by atoms with Crippen molar-refractivity contribution in [3.63, 3.8) is 0 Å². The number of aromatic hydroxyl groups is 1. The molecule has 20 heavy (non-hydrogen) atoms. The molecule has 110 valence electrons. The van der Waals surface area contributed by atoms with Gasteiger partial charge in [-0.2, -0.15) is 0 Å². The SMILES string of the molecule is C[Si](C)(C)c1cccc(C=NC2CCC2)c1O.[Cl][Zr][Cl]. The molecule has 0 unspecified atom stereocenters. The third-order valence-electron chi connectivity index (χ3n) is 3.37. The summed E-state index contributed by atoms with van der Waals surface area (Å²) in [5.74, 6) is 0.440. The van der Waals surface area contributed by atoms with E-state index in [0.717, 1.165) is 10.8 Å². The number of phenols is 1. The van der Waals surface area contributed by atoms with Gasteiger partial charge in [0, 0.05) is 17.8 Å². The third-order valence-corrected chi connectivity index (χ3v) is 5.39. The number of halogens is 2. The Kier molecular flexibility index (Phi) is 8.04. The molecule has 2 nitrogen and oxygen atoms in total. The van der Waals surface area contributed by atoms with E-state index in [2.05, 4.69) is 24.6 Å². The van der Waals surface area contributed by atoms with Gasteiger partial charge in [0.1, 0.15) is 5.75 Å². The molecule has 1 aromatic rings. The van der Waals surface area contributed by atoms with Gasteiger partial charge in [-0.15, -0.1) is 0 Å². The van der Waals surface area contributed by atoms with Gasteiger partial charge >= 0.3 is 37.9 Å². The van der Waals surface area contributed by atoms with Gasteiger partial charge in [0.2, 0.25) is 0 Å². The first-order valence-electron chi connectivity index (χ1n) is 6.72. The predicted octanol–water partition coefficient (Wildman–Crippen LogP) is 4.29. The predicted molar refractivity (Wildman–Crippen MR) is 88.0 cm³/mol.